The van der Waals surface area contributed by atoms with Crippen LogP contribution in [0.2, 0.25) is 0 Å². The molecule has 0 saturated carbocycles. The number of hydrogen-bond donors (Lipinski definition) is 1. The van der Waals surface area contributed by atoms with Gasteiger partial charge >= 0.3 is 0 Å². The zero-order valence-electron chi connectivity index (χ0n) is 10.8. The van der Waals surface area contributed by atoms with E-state index in [0.29, 0.717) is 0 Å². The van der Waals surface area contributed by atoms with Gasteiger partial charge in [0.05, 0.1) is 0 Å². The lowest BCUT2D eigenvalue weighted by molar-refractivity contribution is 0.181. The predicted molar refractivity (Wildman–Crippen MR) is 69.7 cm³/mol. The molecule has 0 unspecified atom stereocenters. The van der Waals surface area contributed by atoms with Crippen molar-refractivity contribution >= 4 is 0 Å². The molecule has 0 amide bonds. The summed E-state index contributed by atoms with van der Waals surface area (Å²) in [7, 11) is 2.07. The van der Waals surface area contributed by atoms with E-state index in [4.69, 9.17) is 5.73 Å². The van der Waals surface area contributed by atoms with Crippen LogP contribution in [0, 0.1) is 5.92 Å². The van der Waals surface area contributed by atoms with E-state index in [9.17, 15) is 0 Å². The third kappa shape index (κ3) is 3.54. The summed E-state index contributed by atoms with van der Waals surface area (Å²) in [6.07, 6.45) is 8.79. The summed E-state index contributed by atoms with van der Waals surface area (Å²) in [6.45, 7) is 4.45. The molecule has 96 valence electrons. The van der Waals surface area contributed by atoms with Crippen LogP contribution in [0.25, 0.3) is 0 Å². The first-order valence-corrected chi connectivity index (χ1v) is 6.68. The highest BCUT2D eigenvalue weighted by atomic mass is 15.1. The first kappa shape index (κ1) is 12.6. The fourth-order valence-electron chi connectivity index (χ4n) is 2.63. The second-order valence-electron chi connectivity index (χ2n) is 5.07. The van der Waals surface area contributed by atoms with Gasteiger partial charge in [-0.25, -0.2) is 4.98 Å². The van der Waals surface area contributed by atoms with E-state index in [0.717, 1.165) is 25.4 Å². The van der Waals surface area contributed by atoms with Crippen molar-refractivity contribution in [1.29, 1.82) is 0 Å². The number of hydrogen-bond acceptors (Lipinski definition) is 3. The highest BCUT2D eigenvalue weighted by Gasteiger charge is 2.18. The lowest BCUT2D eigenvalue weighted by atomic mass is 9.93. The number of imidazole rings is 1. The molecule has 4 nitrogen and oxygen atoms in total. The molecule has 1 aliphatic heterocycles. The summed E-state index contributed by atoms with van der Waals surface area (Å²) >= 11 is 0. The molecule has 0 atom stereocenters. The molecule has 1 saturated heterocycles. The molecule has 0 radical (unpaired) electrons. The Hall–Kier alpha value is -0.870. The van der Waals surface area contributed by atoms with Crippen LogP contribution in [-0.2, 0) is 13.5 Å². The molecule has 0 spiro atoms. The molecule has 2 rings (SSSR count). The van der Waals surface area contributed by atoms with Crippen molar-refractivity contribution in [1.82, 2.24) is 14.5 Å². The number of nitrogens with zero attached hydrogens (tertiary/aromatic N) is 3. The van der Waals surface area contributed by atoms with Crippen LogP contribution >= 0.6 is 0 Å². The van der Waals surface area contributed by atoms with Crippen LogP contribution in [0.1, 0.15) is 25.1 Å². The number of rotatable bonds is 5. The molecule has 1 fully saturated rings. The van der Waals surface area contributed by atoms with Crippen LogP contribution in [0.4, 0.5) is 0 Å². The second-order valence-corrected chi connectivity index (χ2v) is 5.07. The molecule has 1 aromatic heterocycles. The number of likely N-dealkylation sites (tertiary alicyclic amines) is 1. The van der Waals surface area contributed by atoms with Gasteiger partial charge in [0.25, 0.3) is 0 Å². The molecule has 0 aliphatic carbocycles. The Morgan fingerprint density at radius 3 is 2.76 bits per heavy atom. The Bertz CT molecular complexity index is 326. The molecule has 17 heavy (non-hydrogen) atoms. The van der Waals surface area contributed by atoms with Gasteiger partial charge in [-0.2, -0.15) is 0 Å². The maximum atomic E-state index is 5.61. The Kier molecular flexibility index (Phi) is 4.57. The first-order chi connectivity index (χ1) is 8.29. The van der Waals surface area contributed by atoms with Gasteiger partial charge in [0.15, 0.2) is 0 Å². The van der Waals surface area contributed by atoms with E-state index in [1.165, 1.54) is 38.2 Å². The summed E-state index contributed by atoms with van der Waals surface area (Å²) in [5, 5.41) is 0. The van der Waals surface area contributed by atoms with E-state index >= 15 is 0 Å². The highest BCUT2D eigenvalue weighted by molar-refractivity contribution is 4.92. The van der Waals surface area contributed by atoms with E-state index < -0.39 is 0 Å². The average molecular weight is 236 g/mol. The Morgan fingerprint density at radius 2 is 2.18 bits per heavy atom. The molecule has 0 bridgehead atoms. The van der Waals surface area contributed by atoms with Crippen molar-refractivity contribution in [3.8, 4) is 0 Å². The van der Waals surface area contributed by atoms with Crippen molar-refractivity contribution in [2.24, 2.45) is 18.7 Å². The topological polar surface area (TPSA) is 47.1 Å². The molecular weight excluding hydrogens is 212 g/mol. The molecule has 0 aromatic carbocycles. The van der Waals surface area contributed by atoms with Gasteiger partial charge in [-0.05, 0) is 44.8 Å². The predicted octanol–water partition coefficient (Wildman–Crippen LogP) is 1.02. The molecule has 1 aliphatic rings. The molecule has 2 N–H and O–H groups in total. The van der Waals surface area contributed by atoms with Gasteiger partial charge in [0.1, 0.15) is 5.82 Å². The maximum absolute atomic E-state index is 5.61. The third-order valence-corrected chi connectivity index (χ3v) is 3.85. The standard InChI is InChI=1S/C13H24N4/c1-16-11-7-15-13(16)5-10-17-8-3-12(2-6-14)4-9-17/h7,11-12H,2-6,8-10,14H2,1H3. The average Bonchev–Trinajstić information content (AvgIpc) is 2.75. The van der Waals surface area contributed by atoms with E-state index in [2.05, 4.69) is 21.5 Å². The lowest BCUT2D eigenvalue weighted by Gasteiger charge is -2.31. The Morgan fingerprint density at radius 1 is 1.41 bits per heavy atom. The SMILES string of the molecule is Cn1ccnc1CCN1CCC(CCN)CC1. The van der Waals surface area contributed by atoms with Crippen LogP contribution in [-0.4, -0.2) is 40.6 Å². The molecule has 1 aromatic rings. The van der Waals surface area contributed by atoms with Gasteiger partial charge in [-0.3, -0.25) is 0 Å². The zero-order valence-corrected chi connectivity index (χ0v) is 10.8. The van der Waals surface area contributed by atoms with Crippen molar-refractivity contribution < 1.29 is 0 Å². The summed E-state index contributed by atoms with van der Waals surface area (Å²) in [6, 6.07) is 0. The minimum Gasteiger partial charge on any atom is -0.338 e. The van der Waals surface area contributed by atoms with Gasteiger partial charge < -0.3 is 15.2 Å². The first-order valence-electron chi connectivity index (χ1n) is 6.68. The highest BCUT2D eigenvalue weighted by Crippen LogP contribution is 2.19. The second kappa shape index (κ2) is 6.17. The Balaban J connectivity index is 1.70. The fraction of sp³-hybridized carbons (Fsp3) is 0.769. The molecule has 2 heterocycles. The summed E-state index contributed by atoms with van der Waals surface area (Å²) in [4.78, 5) is 6.92. The fourth-order valence-corrected chi connectivity index (χ4v) is 2.63. The minimum atomic E-state index is 0.845. The van der Waals surface area contributed by atoms with Gasteiger partial charge in [0.2, 0.25) is 0 Å². The van der Waals surface area contributed by atoms with Gasteiger partial charge in [0, 0.05) is 32.4 Å². The van der Waals surface area contributed by atoms with Crippen LogP contribution in [0.3, 0.4) is 0 Å². The van der Waals surface area contributed by atoms with Crippen molar-refractivity contribution in [3.05, 3.63) is 18.2 Å². The van der Waals surface area contributed by atoms with Crippen molar-refractivity contribution in [2.45, 2.75) is 25.7 Å². The summed E-state index contributed by atoms with van der Waals surface area (Å²) in [5.74, 6) is 2.05. The Labute approximate surface area is 104 Å². The number of aromatic nitrogens is 2. The van der Waals surface area contributed by atoms with Gasteiger partial charge in [-0.1, -0.05) is 0 Å². The van der Waals surface area contributed by atoms with E-state index in [1.54, 1.807) is 0 Å². The van der Waals surface area contributed by atoms with Gasteiger partial charge in [-0.15, -0.1) is 0 Å². The zero-order chi connectivity index (χ0) is 12.1. The van der Waals surface area contributed by atoms with E-state index in [-0.39, 0.29) is 0 Å². The lowest BCUT2D eigenvalue weighted by Crippen LogP contribution is -2.35. The number of piperidine rings is 1. The minimum absolute atomic E-state index is 0.845. The normalized spacial score (nSPS) is 18.7. The summed E-state index contributed by atoms with van der Waals surface area (Å²) < 4.78 is 2.11. The van der Waals surface area contributed by atoms with Crippen molar-refractivity contribution in [3.63, 3.8) is 0 Å². The maximum Gasteiger partial charge on any atom is 0.109 e. The third-order valence-electron chi connectivity index (χ3n) is 3.85. The molecular formula is C13H24N4. The monoisotopic (exact) mass is 236 g/mol. The number of aryl methyl sites for hydroxylation is 1. The molecule has 4 heteroatoms. The van der Waals surface area contributed by atoms with E-state index in [1.807, 2.05) is 12.4 Å². The van der Waals surface area contributed by atoms with Crippen LogP contribution in [0.5, 0.6) is 0 Å². The quantitative estimate of drug-likeness (QED) is 0.830. The van der Waals surface area contributed by atoms with Crippen LogP contribution < -0.4 is 5.73 Å². The summed E-state index contributed by atoms with van der Waals surface area (Å²) in [5.41, 5.74) is 5.61. The number of nitrogens with two attached hydrogens (primary N) is 1. The van der Waals surface area contributed by atoms with Crippen LogP contribution in [0.15, 0.2) is 12.4 Å². The smallest absolute Gasteiger partial charge is 0.109 e. The van der Waals surface area contributed by atoms with Crippen molar-refractivity contribution in [2.75, 3.05) is 26.2 Å². The largest absolute Gasteiger partial charge is 0.338 e.